The summed E-state index contributed by atoms with van der Waals surface area (Å²) >= 11 is 0. The summed E-state index contributed by atoms with van der Waals surface area (Å²) in [5.74, 6) is 0.487. The van der Waals surface area contributed by atoms with E-state index in [-0.39, 0.29) is 12.0 Å². The summed E-state index contributed by atoms with van der Waals surface area (Å²) in [5.41, 5.74) is 3.89. The second-order valence-electron chi connectivity index (χ2n) is 5.29. The molecule has 1 aliphatic rings. The van der Waals surface area contributed by atoms with Gasteiger partial charge >= 0.3 is 0 Å². The van der Waals surface area contributed by atoms with Crippen LogP contribution in [0, 0.1) is 11.3 Å². The van der Waals surface area contributed by atoms with Crippen LogP contribution >= 0.6 is 0 Å². The molecule has 0 amide bonds. The lowest BCUT2D eigenvalue weighted by molar-refractivity contribution is 0.324. The van der Waals surface area contributed by atoms with E-state index < -0.39 is 0 Å². The summed E-state index contributed by atoms with van der Waals surface area (Å²) in [6.07, 6.45) is 6.37. The van der Waals surface area contributed by atoms with E-state index in [0.29, 0.717) is 5.92 Å². The highest BCUT2D eigenvalue weighted by molar-refractivity contribution is 5.32. The lowest BCUT2D eigenvalue weighted by Gasteiger charge is -2.30. The molecule has 0 aliphatic heterocycles. The predicted octanol–water partition coefficient (Wildman–Crippen LogP) is 3.86. The fourth-order valence-corrected chi connectivity index (χ4v) is 2.36. The monoisotopic (exact) mass is 220 g/mol. The molecule has 0 aromatic carbocycles. The predicted molar refractivity (Wildman–Crippen MR) is 70.2 cm³/mol. The van der Waals surface area contributed by atoms with E-state index in [2.05, 4.69) is 46.4 Å². The summed E-state index contributed by atoms with van der Waals surface area (Å²) in [6.45, 7) is 13.2. The molecule has 1 rings (SSSR count). The number of aliphatic hydroxyl groups is 1. The van der Waals surface area contributed by atoms with Gasteiger partial charge in [-0.2, -0.15) is 0 Å². The molecule has 0 saturated heterocycles. The molecule has 16 heavy (non-hydrogen) atoms. The Bertz CT molecular complexity index is 325. The number of hydrogen-bond donors (Lipinski definition) is 1. The third kappa shape index (κ3) is 2.46. The van der Waals surface area contributed by atoms with Gasteiger partial charge in [0.15, 0.2) is 0 Å². The highest BCUT2D eigenvalue weighted by Gasteiger charge is 2.35. The van der Waals surface area contributed by atoms with Crippen molar-refractivity contribution in [1.82, 2.24) is 0 Å². The Hall–Kier alpha value is -0.820. The minimum atomic E-state index is 0.148. The molecule has 0 spiro atoms. The van der Waals surface area contributed by atoms with Crippen LogP contribution in [-0.2, 0) is 0 Å². The zero-order valence-electron chi connectivity index (χ0n) is 11.0. The zero-order chi connectivity index (χ0) is 12.3. The molecule has 1 atom stereocenters. The van der Waals surface area contributed by atoms with Crippen molar-refractivity contribution in [1.29, 1.82) is 0 Å². The van der Waals surface area contributed by atoms with E-state index in [9.17, 15) is 5.11 Å². The fraction of sp³-hybridized carbons (Fsp3) is 0.600. The molecule has 1 aliphatic carbocycles. The first kappa shape index (κ1) is 13.2. The van der Waals surface area contributed by atoms with Crippen molar-refractivity contribution in [2.24, 2.45) is 11.3 Å². The summed E-state index contributed by atoms with van der Waals surface area (Å²) in [4.78, 5) is 0. The van der Waals surface area contributed by atoms with Crippen LogP contribution in [0.25, 0.3) is 0 Å². The molecule has 0 saturated carbocycles. The fourth-order valence-electron chi connectivity index (χ4n) is 2.36. The van der Waals surface area contributed by atoms with E-state index in [1.807, 2.05) is 0 Å². The van der Waals surface area contributed by atoms with Gasteiger partial charge in [-0.25, -0.2) is 0 Å². The summed E-state index contributed by atoms with van der Waals surface area (Å²) < 4.78 is 0. The Balaban J connectivity index is 2.82. The van der Waals surface area contributed by atoms with Gasteiger partial charge in [0.2, 0.25) is 0 Å². The van der Waals surface area contributed by atoms with Crippen LogP contribution < -0.4 is 0 Å². The van der Waals surface area contributed by atoms with Crippen LogP contribution in [0.1, 0.15) is 40.5 Å². The first-order valence-electron chi connectivity index (χ1n) is 6.09. The molecular weight excluding hydrogens is 196 g/mol. The highest BCUT2D eigenvalue weighted by atomic mass is 16.3. The Morgan fingerprint density at radius 2 is 2.25 bits per heavy atom. The molecule has 1 N–H and O–H groups in total. The second-order valence-corrected chi connectivity index (χ2v) is 5.29. The maximum atomic E-state index is 9.18. The maximum absolute atomic E-state index is 9.18. The van der Waals surface area contributed by atoms with Gasteiger partial charge < -0.3 is 5.11 Å². The van der Waals surface area contributed by atoms with Crippen LogP contribution in [0.15, 0.2) is 35.5 Å². The van der Waals surface area contributed by atoms with Crippen molar-refractivity contribution in [3.05, 3.63) is 35.5 Å². The number of rotatable bonds is 4. The van der Waals surface area contributed by atoms with E-state index in [1.54, 1.807) is 0 Å². The SMILES string of the molecule is C=C(C=C(CC)CO)C1CC=C(C)C1(C)C. The van der Waals surface area contributed by atoms with Crippen molar-refractivity contribution >= 4 is 0 Å². The van der Waals surface area contributed by atoms with E-state index >= 15 is 0 Å². The molecule has 1 nitrogen and oxygen atoms in total. The van der Waals surface area contributed by atoms with Crippen LogP contribution in [0.3, 0.4) is 0 Å². The molecule has 1 unspecified atom stereocenters. The largest absolute Gasteiger partial charge is 0.392 e. The number of aliphatic hydroxyl groups excluding tert-OH is 1. The van der Waals surface area contributed by atoms with Crippen molar-refractivity contribution in [3.63, 3.8) is 0 Å². The third-order valence-corrected chi connectivity index (χ3v) is 4.04. The van der Waals surface area contributed by atoms with E-state index in [0.717, 1.165) is 24.0 Å². The minimum Gasteiger partial charge on any atom is -0.392 e. The van der Waals surface area contributed by atoms with E-state index in [1.165, 1.54) is 5.57 Å². The first-order chi connectivity index (χ1) is 7.43. The van der Waals surface area contributed by atoms with Gasteiger partial charge in [-0.05, 0) is 36.7 Å². The molecular formula is C15H24O. The van der Waals surface area contributed by atoms with Crippen molar-refractivity contribution in [2.75, 3.05) is 6.61 Å². The van der Waals surface area contributed by atoms with Crippen molar-refractivity contribution < 1.29 is 5.11 Å². The van der Waals surface area contributed by atoms with E-state index in [4.69, 9.17) is 0 Å². The van der Waals surface area contributed by atoms with Gasteiger partial charge in [0.05, 0.1) is 6.61 Å². The van der Waals surface area contributed by atoms with Gasteiger partial charge in [0.25, 0.3) is 0 Å². The molecule has 1 heteroatoms. The average Bonchev–Trinajstić information content (AvgIpc) is 2.50. The first-order valence-corrected chi connectivity index (χ1v) is 6.09. The van der Waals surface area contributed by atoms with Gasteiger partial charge in [-0.1, -0.05) is 50.6 Å². The molecule has 0 bridgehead atoms. The van der Waals surface area contributed by atoms with Crippen LogP contribution in [-0.4, -0.2) is 11.7 Å². The Morgan fingerprint density at radius 1 is 1.62 bits per heavy atom. The Kier molecular flexibility index (Phi) is 4.15. The normalized spacial score (nSPS) is 24.4. The summed E-state index contributed by atoms with van der Waals surface area (Å²) in [7, 11) is 0. The molecule has 0 heterocycles. The molecule has 0 radical (unpaired) electrons. The standard InChI is InChI=1S/C15H24O/c1-6-13(10-16)9-11(2)14-8-7-12(3)15(14,4)5/h7,9,14,16H,2,6,8,10H2,1,3-5H3. The molecule has 90 valence electrons. The topological polar surface area (TPSA) is 20.2 Å². The third-order valence-electron chi connectivity index (χ3n) is 4.04. The minimum absolute atomic E-state index is 0.148. The van der Waals surface area contributed by atoms with Crippen molar-refractivity contribution in [2.45, 2.75) is 40.5 Å². The molecule has 0 fully saturated rings. The number of hydrogen-bond acceptors (Lipinski definition) is 1. The molecule has 0 aromatic heterocycles. The van der Waals surface area contributed by atoms with Crippen molar-refractivity contribution in [3.8, 4) is 0 Å². The second kappa shape index (κ2) is 5.01. The zero-order valence-corrected chi connectivity index (χ0v) is 11.0. The van der Waals surface area contributed by atoms with Gasteiger partial charge in [-0.3, -0.25) is 0 Å². The lowest BCUT2D eigenvalue weighted by atomic mass is 9.74. The maximum Gasteiger partial charge on any atom is 0.0644 e. The van der Waals surface area contributed by atoms with Gasteiger partial charge in [0.1, 0.15) is 0 Å². The van der Waals surface area contributed by atoms with Crippen LogP contribution in [0.5, 0.6) is 0 Å². The molecule has 0 aromatic rings. The smallest absolute Gasteiger partial charge is 0.0644 e. The van der Waals surface area contributed by atoms with Crippen LogP contribution in [0.4, 0.5) is 0 Å². The quantitative estimate of drug-likeness (QED) is 0.563. The lowest BCUT2D eigenvalue weighted by Crippen LogP contribution is -2.21. The number of allylic oxidation sites excluding steroid dienone is 4. The summed E-state index contributed by atoms with van der Waals surface area (Å²) in [6, 6.07) is 0. The van der Waals surface area contributed by atoms with Gasteiger partial charge in [0, 0.05) is 0 Å². The average molecular weight is 220 g/mol. The highest BCUT2D eigenvalue weighted by Crippen LogP contribution is 2.46. The Morgan fingerprint density at radius 3 is 2.62 bits per heavy atom. The van der Waals surface area contributed by atoms with Gasteiger partial charge in [-0.15, -0.1) is 0 Å². The summed E-state index contributed by atoms with van der Waals surface area (Å²) in [5, 5.41) is 9.18. The Labute approximate surface area is 99.6 Å². The van der Waals surface area contributed by atoms with Crippen LogP contribution in [0.2, 0.25) is 0 Å².